The highest BCUT2D eigenvalue weighted by atomic mass is 16.5. The van der Waals surface area contributed by atoms with Crippen molar-refractivity contribution >= 4 is 17.1 Å². The van der Waals surface area contributed by atoms with Gasteiger partial charge < -0.3 is 24.4 Å². The Morgan fingerprint density at radius 1 is 1.39 bits per heavy atom. The molecule has 1 fully saturated rings. The third kappa shape index (κ3) is 4.51. The third-order valence-corrected chi connectivity index (χ3v) is 5.50. The summed E-state index contributed by atoms with van der Waals surface area (Å²) < 4.78 is 7.41. The molecule has 2 N–H and O–H groups in total. The van der Waals surface area contributed by atoms with E-state index >= 15 is 0 Å². The summed E-state index contributed by atoms with van der Waals surface area (Å²) in [5, 5.41) is 19.3. The van der Waals surface area contributed by atoms with E-state index in [1.54, 1.807) is 18.2 Å². The molecule has 28 heavy (non-hydrogen) atoms. The first-order valence-electron chi connectivity index (χ1n) is 9.89. The van der Waals surface area contributed by atoms with Crippen LogP contribution in [0.25, 0.3) is 11.2 Å². The van der Waals surface area contributed by atoms with Crippen molar-refractivity contribution in [1.82, 2.24) is 19.4 Å². The standard InChI is InChI=1S/C20H30N4O4/c1-15(13-28-2)24-17(22-16-5-4-10-21-19(16)24)6-3-7-18(26)23-11-8-20(27,14-25)9-12-23/h4-5,10,15,25,27H,3,6-9,11-14H2,1-2H3. The lowest BCUT2D eigenvalue weighted by atomic mass is 9.92. The number of fused-ring (bicyclic) bond motifs is 1. The van der Waals surface area contributed by atoms with E-state index in [1.807, 2.05) is 12.1 Å². The Morgan fingerprint density at radius 3 is 2.82 bits per heavy atom. The Hall–Kier alpha value is -2.03. The second-order valence-corrected chi connectivity index (χ2v) is 7.67. The van der Waals surface area contributed by atoms with Crippen molar-refractivity contribution in [2.75, 3.05) is 33.4 Å². The van der Waals surface area contributed by atoms with Crippen LogP contribution in [0.4, 0.5) is 0 Å². The molecule has 0 aliphatic carbocycles. The van der Waals surface area contributed by atoms with E-state index in [1.165, 1.54) is 0 Å². The number of rotatable bonds is 8. The molecule has 3 heterocycles. The number of aromatic nitrogens is 3. The van der Waals surface area contributed by atoms with E-state index in [9.17, 15) is 15.0 Å². The number of piperidine rings is 1. The van der Waals surface area contributed by atoms with Gasteiger partial charge in [0.15, 0.2) is 5.65 Å². The van der Waals surface area contributed by atoms with E-state index < -0.39 is 5.60 Å². The lowest BCUT2D eigenvalue weighted by Crippen LogP contribution is -2.48. The van der Waals surface area contributed by atoms with E-state index in [0.717, 1.165) is 17.0 Å². The molecule has 1 unspecified atom stereocenters. The van der Waals surface area contributed by atoms with Crippen LogP contribution in [-0.2, 0) is 16.0 Å². The molecule has 0 saturated carbocycles. The van der Waals surface area contributed by atoms with Gasteiger partial charge in [-0.3, -0.25) is 4.79 Å². The Bertz CT molecular complexity index is 799. The number of methoxy groups -OCH3 is 1. The molecule has 0 aromatic carbocycles. The monoisotopic (exact) mass is 390 g/mol. The van der Waals surface area contributed by atoms with Crippen LogP contribution >= 0.6 is 0 Å². The quantitative estimate of drug-likeness (QED) is 0.705. The highest BCUT2D eigenvalue weighted by molar-refractivity contribution is 5.76. The number of aliphatic hydroxyl groups excluding tert-OH is 1. The highest BCUT2D eigenvalue weighted by Gasteiger charge is 2.33. The van der Waals surface area contributed by atoms with Crippen molar-refractivity contribution < 1.29 is 19.7 Å². The number of pyridine rings is 1. The lowest BCUT2D eigenvalue weighted by molar-refractivity contribution is -0.137. The molecule has 0 spiro atoms. The Balaban J connectivity index is 1.61. The molecule has 0 radical (unpaired) electrons. The average Bonchev–Trinajstić information content (AvgIpc) is 3.07. The van der Waals surface area contributed by atoms with Crippen LogP contribution in [-0.4, -0.2) is 74.6 Å². The van der Waals surface area contributed by atoms with Gasteiger partial charge in [-0.1, -0.05) is 0 Å². The van der Waals surface area contributed by atoms with Gasteiger partial charge in [0, 0.05) is 39.2 Å². The van der Waals surface area contributed by atoms with Crippen LogP contribution in [0, 0.1) is 0 Å². The molecular formula is C20H30N4O4. The van der Waals surface area contributed by atoms with Gasteiger partial charge in [-0.05, 0) is 38.3 Å². The molecule has 3 rings (SSSR count). The second-order valence-electron chi connectivity index (χ2n) is 7.67. The fraction of sp³-hybridized carbons (Fsp3) is 0.650. The third-order valence-electron chi connectivity index (χ3n) is 5.50. The Morgan fingerprint density at radius 2 is 2.14 bits per heavy atom. The largest absolute Gasteiger partial charge is 0.393 e. The van der Waals surface area contributed by atoms with Gasteiger partial charge in [0.2, 0.25) is 5.91 Å². The topological polar surface area (TPSA) is 101 Å². The maximum Gasteiger partial charge on any atom is 0.222 e. The van der Waals surface area contributed by atoms with E-state index in [0.29, 0.717) is 51.8 Å². The van der Waals surface area contributed by atoms with Crippen LogP contribution in [0.15, 0.2) is 18.3 Å². The molecule has 154 valence electrons. The number of nitrogens with zero attached hydrogens (tertiary/aromatic N) is 4. The van der Waals surface area contributed by atoms with E-state index in [2.05, 4.69) is 16.5 Å². The van der Waals surface area contributed by atoms with Crippen LogP contribution in [0.1, 0.15) is 44.5 Å². The first-order chi connectivity index (χ1) is 13.5. The summed E-state index contributed by atoms with van der Waals surface area (Å²) in [5.41, 5.74) is 0.658. The van der Waals surface area contributed by atoms with Crippen molar-refractivity contribution in [2.45, 2.75) is 50.7 Å². The SMILES string of the molecule is COCC(C)n1c(CCCC(=O)N2CCC(O)(CO)CC2)nc2cccnc21. The highest BCUT2D eigenvalue weighted by Crippen LogP contribution is 2.23. The molecule has 1 amide bonds. The number of aryl methyl sites for hydroxylation is 1. The number of aliphatic hydroxyl groups is 2. The fourth-order valence-electron chi connectivity index (χ4n) is 3.82. The number of imidazole rings is 1. The number of hydrogen-bond acceptors (Lipinski definition) is 6. The van der Waals surface area contributed by atoms with Crippen molar-refractivity contribution in [3.05, 3.63) is 24.2 Å². The van der Waals surface area contributed by atoms with Crippen LogP contribution < -0.4 is 0 Å². The fourth-order valence-corrected chi connectivity index (χ4v) is 3.82. The number of likely N-dealkylation sites (tertiary alicyclic amines) is 1. The van der Waals surface area contributed by atoms with Crippen LogP contribution in [0.2, 0.25) is 0 Å². The minimum atomic E-state index is -1.04. The summed E-state index contributed by atoms with van der Waals surface area (Å²) in [6.07, 6.45) is 4.42. The average molecular weight is 390 g/mol. The number of carbonyl (C=O) groups is 1. The van der Waals surface area contributed by atoms with Crippen molar-refractivity contribution in [1.29, 1.82) is 0 Å². The van der Waals surface area contributed by atoms with Crippen molar-refractivity contribution in [2.24, 2.45) is 0 Å². The van der Waals surface area contributed by atoms with Crippen molar-refractivity contribution in [3.8, 4) is 0 Å². The molecule has 2 aromatic rings. The summed E-state index contributed by atoms with van der Waals surface area (Å²) in [5.74, 6) is 1.00. The zero-order valence-electron chi connectivity index (χ0n) is 16.7. The Kier molecular flexibility index (Phi) is 6.64. The molecule has 1 atom stereocenters. The first kappa shape index (κ1) is 20.7. The summed E-state index contributed by atoms with van der Waals surface area (Å²) >= 11 is 0. The van der Waals surface area contributed by atoms with E-state index in [4.69, 9.17) is 9.72 Å². The minimum absolute atomic E-state index is 0.0886. The Labute approximate surface area is 165 Å². The molecular weight excluding hydrogens is 360 g/mol. The first-order valence-corrected chi connectivity index (χ1v) is 9.89. The predicted molar refractivity (Wildman–Crippen MR) is 105 cm³/mol. The van der Waals surface area contributed by atoms with Gasteiger partial charge >= 0.3 is 0 Å². The molecule has 2 aromatic heterocycles. The van der Waals surface area contributed by atoms with Gasteiger partial charge in [0.1, 0.15) is 11.3 Å². The summed E-state index contributed by atoms with van der Waals surface area (Å²) in [6.45, 7) is 3.37. The lowest BCUT2D eigenvalue weighted by Gasteiger charge is -2.37. The maximum absolute atomic E-state index is 12.5. The molecule has 0 bridgehead atoms. The van der Waals surface area contributed by atoms with Gasteiger partial charge in [0.25, 0.3) is 0 Å². The number of ether oxygens (including phenoxy) is 1. The maximum atomic E-state index is 12.5. The van der Waals surface area contributed by atoms with Gasteiger partial charge in [-0.25, -0.2) is 9.97 Å². The van der Waals surface area contributed by atoms with E-state index in [-0.39, 0.29) is 18.6 Å². The molecule has 1 aliphatic heterocycles. The number of amides is 1. The molecule has 1 aliphatic rings. The summed E-state index contributed by atoms with van der Waals surface area (Å²) in [4.78, 5) is 23.5. The molecule has 8 heteroatoms. The van der Waals surface area contributed by atoms with Gasteiger partial charge in [0.05, 0.1) is 24.9 Å². The molecule has 1 saturated heterocycles. The minimum Gasteiger partial charge on any atom is -0.393 e. The van der Waals surface area contributed by atoms with Gasteiger partial charge in [-0.2, -0.15) is 0 Å². The zero-order valence-corrected chi connectivity index (χ0v) is 16.7. The number of carbonyl (C=O) groups excluding carboxylic acids is 1. The van der Waals surface area contributed by atoms with Crippen LogP contribution in [0.5, 0.6) is 0 Å². The molecule has 8 nitrogen and oxygen atoms in total. The van der Waals surface area contributed by atoms with Crippen LogP contribution in [0.3, 0.4) is 0 Å². The van der Waals surface area contributed by atoms with Gasteiger partial charge in [-0.15, -0.1) is 0 Å². The summed E-state index contributed by atoms with van der Waals surface area (Å²) in [6, 6.07) is 3.93. The number of hydrogen-bond donors (Lipinski definition) is 2. The van der Waals surface area contributed by atoms with Crippen molar-refractivity contribution in [3.63, 3.8) is 0 Å². The predicted octanol–water partition coefficient (Wildman–Crippen LogP) is 1.31. The summed E-state index contributed by atoms with van der Waals surface area (Å²) in [7, 11) is 1.68. The normalized spacial score (nSPS) is 17.8. The smallest absolute Gasteiger partial charge is 0.222 e. The zero-order chi connectivity index (χ0) is 20.1. The second kappa shape index (κ2) is 8.98.